The van der Waals surface area contributed by atoms with E-state index in [0.717, 1.165) is 22.4 Å². The number of amides is 1. The van der Waals surface area contributed by atoms with E-state index in [1.54, 1.807) is 19.1 Å². The molecule has 0 heterocycles. The molecule has 0 aliphatic carbocycles. The lowest BCUT2D eigenvalue weighted by Gasteiger charge is -2.13. The van der Waals surface area contributed by atoms with Crippen molar-refractivity contribution in [3.63, 3.8) is 0 Å². The van der Waals surface area contributed by atoms with Crippen LogP contribution in [0.2, 0.25) is 0 Å². The molecule has 0 spiro atoms. The highest BCUT2D eigenvalue weighted by atomic mass is 16.5. The number of anilines is 1. The second-order valence-corrected chi connectivity index (χ2v) is 7.23. The SMILES string of the molecule is CCOC(=O)c1ccc(C=CCc2ccc(NC(C)=O)cc2OCc2ccccc2)cc1. The molecule has 0 saturated carbocycles. The molecule has 3 aromatic carbocycles. The van der Waals surface area contributed by atoms with E-state index in [1.807, 2.05) is 72.8 Å². The van der Waals surface area contributed by atoms with Crippen molar-refractivity contribution in [3.05, 3.63) is 101 Å². The molecular formula is C27H27NO4. The lowest BCUT2D eigenvalue weighted by atomic mass is 10.1. The van der Waals surface area contributed by atoms with Crippen LogP contribution in [0.3, 0.4) is 0 Å². The maximum absolute atomic E-state index is 11.8. The van der Waals surface area contributed by atoms with E-state index in [9.17, 15) is 9.59 Å². The third-order valence-corrected chi connectivity index (χ3v) is 4.69. The van der Waals surface area contributed by atoms with Gasteiger partial charge in [-0.2, -0.15) is 0 Å². The molecule has 0 fully saturated rings. The van der Waals surface area contributed by atoms with Crippen LogP contribution in [0.1, 0.15) is 40.9 Å². The normalized spacial score (nSPS) is 10.7. The molecule has 0 saturated heterocycles. The van der Waals surface area contributed by atoms with Crippen molar-refractivity contribution >= 4 is 23.6 Å². The maximum Gasteiger partial charge on any atom is 0.338 e. The molecular weight excluding hydrogens is 402 g/mol. The van der Waals surface area contributed by atoms with Crippen molar-refractivity contribution in [2.45, 2.75) is 26.9 Å². The van der Waals surface area contributed by atoms with Crippen LogP contribution in [-0.4, -0.2) is 18.5 Å². The van der Waals surface area contributed by atoms with Crippen LogP contribution in [0.25, 0.3) is 6.08 Å². The third kappa shape index (κ3) is 6.84. The second-order valence-electron chi connectivity index (χ2n) is 7.23. The predicted molar refractivity (Wildman–Crippen MR) is 127 cm³/mol. The van der Waals surface area contributed by atoms with E-state index >= 15 is 0 Å². The highest BCUT2D eigenvalue weighted by Crippen LogP contribution is 2.26. The summed E-state index contributed by atoms with van der Waals surface area (Å²) in [4.78, 5) is 23.2. The summed E-state index contributed by atoms with van der Waals surface area (Å²) in [6.45, 7) is 4.07. The molecule has 0 atom stereocenters. The first-order valence-electron chi connectivity index (χ1n) is 10.6. The molecule has 0 bridgehead atoms. The summed E-state index contributed by atoms with van der Waals surface area (Å²) in [7, 11) is 0. The van der Waals surface area contributed by atoms with Crippen molar-refractivity contribution in [2.75, 3.05) is 11.9 Å². The summed E-state index contributed by atoms with van der Waals surface area (Å²) in [6.07, 6.45) is 4.70. The van der Waals surface area contributed by atoms with Crippen LogP contribution in [-0.2, 0) is 22.6 Å². The fourth-order valence-corrected chi connectivity index (χ4v) is 3.14. The first-order valence-corrected chi connectivity index (χ1v) is 10.6. The molecule has 1 N–H and O–H groups in total. The Morgan fingerprint density at radius 2 is 1.72 bits per heavy atom. The molecule has 5 nitrogen and oxygen atoms in total. The molecule has 1 amide bonds. The van der Waals surface area contributed by atoms with Gasteiger partial charge in [-0.1, -0.05) is 60.7 Å². The minimum absolute atomic E-state index is 0.127. The van der Waals surface area contributed by atoms with Gasteiger partial charge in [0.25, 0.3) is 0 Å². The Balaban J connectivity index is 1.71. The van der Waals surface area contributed by atoms with Gasteiger partial charge in [0.2, 0.25) is 5.91 Å². The molecule has 164 valence electrons. The number of carbonyl (C=O) groups excluding carboxylic acids is 2. The minimum atomic E-state index is -0.317. The minimum Gasteiger partial charge on any atom is -0.489 e. The molecule has 5 heteroatoms. The van der Waals surface area contributed by atoms with Crippen LogP contribution in [0, 0.1) is 0 Å². The number of rotatable bonds is 9. The first-order chi connectivity index (χ1) is 15.5. The van der Waals surface area contributed by atoms with Gasteiger partial charge < -0.3 is 14.8 Å². The fourth-order valence-electron chi connectivity index (χ4n) is 3.14. The lowest BCUT2D eigenvalue weighted by Crippen LogP contribution is -2.06. The Labute approximate surface area is 188 Å². The Kier molecular flexibility index (Phi) is 8.21. The highest BCUT2D eigenvalue weighted by molar-refractivity contribution is 5.89. The van der Waals surface area contributed by atoms with Gasteiger partial charge in [0.1, 0.15) is 12.4 Å². The van der Waals surface area contributed by atoms with Crippen LogP contribution < -0.4 is 10.1 Å². The van der Waals surface area contributed by atoms with Crippen molar-refractivity contribution in [1.82, 2.24) is 0 Å². The van der Waals surface area contributed by atoms with Gasteiger partial charge in [0, 0.05) is 18.7 Å². The van der Waals surface area contributed by atoms with E-state index in [0.29, 0.717) is 30.9 Å². The summed E-state index contributed by atoms with van der Waals surface area (Å²) >= 11 is 0. The topological polar surface area (TPSA) is 64.6 Å². The quantitative estimate of drug-likeness (QED) is 0.446. The van der Waals surface area contributed by atoms with Gasteiger partial charge in [0.05, 0.1) is 12.2 Å². The van der Waals surface area contributed by atoms with Crippen molar-refractivity contribution in [1.29, 1.82) is 0 Å². The maximum atomic E-state index is 11.8. The largest absolute Gasteiger partial charge is 0.489 e. The summed E-state index contributed by atoms with van der Waals surface area (Å²) < 4.78 is 11.1. The van der Waals surface area contributed by atoms with Crippen molar-refractivity contribution in [2.24, 2.45) is 0 Å². The standard InChI is InChI=1S/C27H27NO4/c1-3-31-27(30)24-14-12-21(13-15-24)10-7-11-23-16-17-25(28-20(2)29)18-26(23)32-19-22-8-5-4-6-9-22/h4-10,12-18H,3,11,19H2,1-2H3,(H,28,29). The number of hydrogen-bond acceptors (Lipinski definition) is 4. The monoisotopic (exact) mass is 429 g/mol. The van der Waals surface area contributed by atoms with Crippen LogP contribution in [0.5, 0.6) is 5.75 Å². The molecule has 0 unspecified atom stereocenters. The number of hydrogen-bond donors (Lipinski definition) is 1. The van der Waals surface area contributed by atoms with Crippen LogP contribution in [0.15, 0.2) is 78.9 Å². The van der Waals surface area contributed by atoms with Gasteiger partial charge >= 0.3 is 5.97 Å². The summed E-state index contributed by atoms with van der Waals surface area (Å²) in [6, 6.07) is 22.9. The molecule has 32 heavy (non-hydrogen) atoms. The Morgan fingerprint density at radius 1 is 0.969 bits per heavy atom. The molecule has 0 aliphatic heterocycles. The van der Waals surface area contributed by atoms with E-state index in [2.05, 4.69) is 5.32 Å². The molecule has 3 aromatic rings. The average Bonchev–Trinajstić information content (AvgIpc) is 2.80. The van der Waals surface area contributed by atoms with Crippen molar-refractivity contribution in [3.8, 4) is 5.75 Å². The van der Waals surface area contributed by atoms with Crippen molar-refractivity contribution < 1.29 is 19.1 Å². The summed E-state index contributed by atoms with van der Waals surface area (Å²) in [5, 5.41) is 2.80. The molecule has 3 rings (SSSR count). The zero-order valence-corrected chi connectivity index (χ0v) is 18.3. The zero-order valence-electron chi connectivity index (χ0n) is 18.3. The predicted octanol–water partition coefficient (Wildman–Crippen LogP) is 5.66. The summed E-state index contributed by atoms with van der Waals surface area (Å²) in [5.74, 6) is 0.280. The van der Waals surface area contributed by atoms with E-state index in [-0.39, 0.29) is 11.9 Å². The van der Waals surface area contributed by atoms with Crippen LogP contribution >= 0.6 is 0 Å². The highest BCUT2D eigenvalue weighted by Gasteiger charge is 2.07. The number of allylic oxidation sites excluding steroid dienone is 1. The van der Waals surface area contributed by atoms with Gasteiger partial charge in [-0.3, -0.25) is 4.79 Å². The second kappa shape index (κ2) is 11.5. The molecule has 0 radical (unpaired) electrons. The van der Waals surface area contributed by atoms with Gasteiger partial charge in [-0.25, -0.2) is 4.79 Å². The number of benzene rings is 3. The van der Waals surface area contributed by atoms with Gasteiger partial charge in [-0.15, -0.1) is 0 Å². The first kappa shape index (κ1) is 22.8. The average molecular weight is 430 g/mol. The lowest BCUT2D eigenvalue weighted by molar-refractivity contribution is -0.114. The smallest absolute Gasteiger partial charge is 0.338 e. The van der Waals surface area contributed by atoms with E-state index < -0.39 is 0 Å². The fraction of sp³-hybridized carbons (Fsp3) is 0.185. The van der Waals surface area contributed by atoms with Gasteiger partial charge in [-0.05, 0) is 48.2 Å². The van der Waals surface area contributed by atoms with Gasteiger partial charge in [0.15, 0.2) is 0 Å². The molecule has 0 aromatic heterocycles. The third-order valence-electron chi connectivity index (χ3n) is 4.69. The Bertz CT molecular complexity index is 1070. The van der Waals surface area contributed by atoms with E-state index in [4.69, 9.17) is 9.47 Å². The zero-order chi connectivity index (χ0) is 22.8. The molecule has 0 aliphatic rings. The number of carbonyl (C=O) groups is 2. The van der Waals surface area contributed by atoms with Crippen LogP contribution in [0.4, 0.5) is 5.69 Å². The summed E-state index contributed by atoms with van der Waals surface area (Å²) in [5.41, 5.74) is 4.30. The number of nitrogens with one attached hydrogen (secondary N) is 1. The van der Waals surface area contributed by atoms with E-state index in [1.165, 1.54) is 6.92 Å². The Morgan fingerprint density at radius 3 is 2.41 bits per heavy atom. The number of esters is 1. The Hall–Kier alpha value is -3.86. The number of ether oxygens (including phenoxy) is 2.